The minimum atomic E-state index is 0.0464. The number of carbonyl (C=O) groups excluding carboxylic acids is 1. The summed E-state index contributed by atoms with van der Waals surface area (Å²) in [5.41, 5.74) is 0.766. The molecule has 1 aromatic rings. The number of aliphatic hydroxyl groups is 1. The first kappa shape index (κ1) is 13.5. The first-order valence-corrected chi connectivity index (χ1v) is 7.40. The molecule has 2 rings (SSSR count). The van der Waals surface area contributed by atoms with Gasteiger partial charge in [-0.3, -0.25) is 4.79 Å². The Kier molecular flexibility index (Phi) is 5.16. The maximum Gasteiger partial charge on any atom is 0.252 e. The SMILES string of the molecule is O=C(NC1CCN(CCCO)CC1)c1ccsc1. The van der Waals surface area contributed by atoms with E-state index >= 15 is 0 Å². The number of likely N-dealkylation sites (tertiary alicyclic amines) is 1. The maximum atomic E-state index is 11.9. The average Bonchev–Trinajstić information content (AvgIpc) is 2.92. The van der Waals surface area contributed by atoms with Gasteiger partial charge in [-0.2, -0.15) is 11.3 Å². The highest BCUT2D eigenvalue weighted by atomic mass is 32.1. The number of nitrogens with zero attached hydrogens (tertiary/aromatic N) is 1. The summed E-state index contributed by atoms with van der Waals surface area (Å²) in [4.78, 5) is 14.2. The molecule has 4 nitrogen and oxygen atoms in total. The monoisotopic (exact) mass is 268 g/mol. The quantitative estimate of drug-likeness (QED) is 0.847. The molecule has 0 atom stereocenters. The Morgan fingerprint density at radius 2 is 2.28 bits per heavy atom. The van der Waals surface area contributed by atoms with E-state index in [0.29, 0.717) is 6.04 Å². The Bertz CT molecular complexity index is 359. The Morgan fingerprint density at radius 1 is 1.50 bits per heavy atom. The highest BCUT2D eigenvalue weighted by Gasteiger charge is 2.20. The van der Waals surface area contributed by atoms with Crippen molar-refractivity contribution in [2.24, 2.45) is 0 Å². The van der Waals surface area contributed by atoms with E-state index in [2.05, 4.69) is 10.2 Å². The van der Waals surface area contributed by atoms with Gasteiger partial charge in [0.2, 0.25) is 0 Å². The molecule has 0 radical (unpaired) electrons. The van der Waals surface area contributed by atoms with Crippen molar-refractivity contribution in [2.45, 2.75) is 25.3 Å². The van der Waals surface area contributed by atoms with Crippen molar-refractivity contribution < 1.29 is 9.90 Å². The highest BCUT2D eigenvalue weighted by molar-refractivity contribution is 7.08. The van der Waals surface area contributed by atoms with E-state index < -0.39 is 0 Å². The topological polar surface area (TPSA) is 52.6 Å². The van der Waals surface area contributed by atoms with Crippen LogP contribution in [0.1, 0.15) is 29.6 Å². The van der Waals surface area contributed by atoms with Crippen LogP contribution in [0.3, 0.4) is 0 Å². The Balaban J connectivity index is 1.72. The summed E-state index contributed by atoms with van der Waals surface area (Å²) < 4.78 is 0. The summed E-state index contributed by atoms with van der Waals surface area (Å²) in [6.07, 6.45) is 2.84. The van der Waals surface area contributed by atoms with Crippen LogP contribution < -0.4 is 5.32 Å². The summed E-state index contributed by atoms with van der Waals surface area (Å²) >= 11 is 1.55. The predicted molar refractivity (Wildman–Crippen MR) is 73.0 cm³/mol. The summed E-state index contributed by atoms with van der Waals surface area (Å²) in [5, 5.41) is 15.7. The molecule has 1 amide bonds. The van der Waals surface area contributed by atoms with E-state index in [1.165, 1.54) is 0 Å². The van der Waals surface area contributed by atoms with Crippen LogP contribution in [0.25, 0.3) is 0 Å². The zero-order valence-electron chi connectivity index (χ0n) is 10.5. The van der Waals surface area contributed by atoms with Crippen molar-refractivity contribution in [3.63, 3.8) is 0 Å². The molecule has 0 saturated carbocycles. The number of thiophene rings is 1. The van der Waals surface area contributed by atoms with Crippen LogP contribution in [0.5, 0.6) is 0 Å². The lowest BCUT2D eigenvalue weighted by atomic mass is 10.0. The van der Waals surface area contributed by atoms with Crippen molar-refractivity contribution in [1.29, 1.82) is 0 Å². The lowest BCUT2D eigenvalue weighted by Gasteiger charge is -2.32. The molecule has 0 aliphatic carbocycles. The van der Waals surface area contributed by atoms with Gasteiger partial charge in [-0.1, -0.05) is 0 Å². The zero-order valence-corrected chi connectivity index (χ0v) is 11.3. The van der Waals surface area contributed by atoms with Crippen LogP contribution in [0.2, 0.25) is 0 Å². The highest BCUT2D eigenvalue weighted by Crippen LogP contribution is 2.12. The van der Waals surface area contributed by atoms with Crippen molar-refractivity contribution >= 4 is 17.2 Å². The molecule has 1 aromatic heterocycles. The average molecular weight is 268 g/mol. The Hall–Kier alpha value is -0.910. The van der Waals surface area contributed by atoms with Crippen LogP contribution in [-0.2, 0) is 0 Å². The fraction of sp³-hybridized carbons (Fsp3) is 0.615. The number of aliphatic hydroxyl groups excluding tert-OH is 1. The van der Waals surface area contributed by atoms with E-state index in [4.69, 9.17) is 5.11 Å². The van der Waals surface area contributed by atoms with Gasteiger partial charge < -0.3 is 15.3 Å². The number of rotatable bonds is 5. The number of carbonyl (C=O) groups is 1. The molecule has 2 N–H and O–H groups in total. The van der Waals surface area contributed by atoms with Gasteiger partial charge in [0.15, 0.2) is 0 Å². The van der Waals surface area contributed by atoms with Gasteiger partial charge >= 0.3 is 0 Å². The molecule has 5 heteroatoms. The second-order valence-corrected chi connectivity index (χ2v) is 5.46. The maximum absolute atomic E-state index is 11.9. The minimum Gasteiger partial charge on any atom is -0.396 e. The molecule has 1 aliphatic rings. The van der Waals surface area contributed by atoms with Crippen molar-refractivity contribution in [3.05, 3.63) is 22.4 Å². The summed E-state index contributed by atoms with van der Waals surface area (Å²) in [6.45, 7) is 3.24. The van der Waals surface area contributed by atoms with Gasteiger partial charge in [-0.25, -0.2) is 0 Å². The van der Waals surface area contributed by atoms with Gasteiger partial charge in [0.1, 0.15) is 0 Å². The number of hydrogen-bond acceptors (Lipinski definition) is 4. The van der Waals surface area contributed by atoms with Gasteiger partial charge in [0.05, 0.1) is 0 Å². The second-order valence-electron chi connectivity index (χ2n) is 4.68. The van der Waals surface area contributed by atoms with Crippen LogP contribution in [0.4, 0.5) is 0 Å². The molecule has 2 heterocycles. The Morgan fingerprint density at radius 3 is 2.89 bits per heavy atom. The van der Waals surface area contributed by atoms with Crippen molar-refractivity contribution in [3.8, 4) is 0 Å². The second kappa shape index (κ2) is 6.87. The van der Waals surface area contributed by atoms with Gasteiger partial charge in [0, 0.05) is 43.2 Å². The molecule has 1 aliphatic heterocycles. The standard InChI is InChI=1S/C13H20N2O2S/c16-8-1-5-15-6-2-12(3-7-15)14-13(17)11-4-9-18-10-11/h4,9-10,12,16H,1-3,5-8H2,(H,14,17). The van der Waals surface area contributed by atoms with E-state index in [1.54, 1.807) is 11.3 Å². The number of amides is 1. The third-order valence-electron chi connectivity index (χ3n) is 3.34. The summed E-state index contributed by atoms with van der Waals surface area (Å²) in [5.74, 6) is 0.0464. The van der Waals surface area contributed by atoms with Crippen LogP contribution in [0, 0.1) is 0 Å². The third-order valence-corrected chi connectivity index (χ3v) is 4.02. The normalized spacial score (nSPS) is 17.8. The number of piperidine rings is 1. The van der Waals surface area contributed by atoms with Crippen molar-refractivity contribution in [1.82, 2.24) is 10.2 Å². The smallest absolute Gasteiger partial charge is 0.252 e. The van der Waals surface area contributed by atoms with Crippen LogP contribution >= 0.6 is 11.3 Å². The lowest BCUT2D eigenvalue weighted by molar-refractivity contribution is 0.0909. The van der Waals surface area contributed by atoms with E-state index in [-0.39, 0.29) is 12.5 Å². The molecular formula is C13H20N2O2S. The number of nitrogens with one attached hydrogen (secondary N) is 1. The van der Waals surface area contributed by atoms with Gasteiger partial charge in [0.25, 0.3) is 5.91 Å². The Labute approximate surface area is 112 Å². The van der Waals surface area contributed by atoms with Crippen molar-refractivity contribution in [2.75, 3.05) is 26.2 Å². The molecule has 1 fully saturated rings. The van der Waals surface area contributed by atoms with Crippen LogP contribution in [-0.4, -0.2) is 48.2 Å². The van der Waals surface area contributed by atoms with E-state index in [9.17, 15) is 4.79 Å². The first-order valence-electron chi connectivity index (χ1n) is 6.46. The molecule has 0 spiro atoms. The fourth-order valence-electron chi connectivity index (χ4n) is 2.26. The molecular weight excluding hydrogens is 248 g/mol. The van der Waals surface area contributed by atoms with E-state index in [0.717, 1.165) is 44.5 Å². The summed E-state index contributed by atoms with van der Waals surface area (Å²) in [6, 6.07) is 2.15. The fourth-order valence-corrected chi connectivity index (χ4v) is 2.89. The molecule has 0 unspecified atom stereocenters. The first-order chi connectivity index (χ1) is 8.79. The lowest BCUT2D eigenvalue weighted by Crippen LogP contribution is -2.44. The third kappa shape index (κ3) is 3.80. The zero-order chi connectivity index (χ0) is 12.8. The largest absolute Gasteiger partial charge is 0.396 e. The molecule has 100 valence electrons. The molecule has 1 saturated heterocycles. The van der Waals surface area contributed by atoms with E-state index in [1.807, 2.05) is 16.8 Å². The van der Waals surface area contributed by atoms with Gasteiger partial charge in [-0.05, 0) is 30.7 Å². The minimum absolute atomic E-state index is 0.0464. The molecule has 0 aromatic carbocycles. The van der Waals surface area contributed by atoms with Gasteiger partial charge in [-0.15, -0.1) is 0 Å². The summed E-state index contributed by atoms with van der Waals surface area (Å²) in [7, 11) is 0. The van der Waals surface area contributed by atoms with Crippen LogP contribution in [0.15, 0.2) is 16.8 Å². The molecule has 18 heavy (non-hydrogen) atoms. The molecule has 0 bridgehead atoms. The predicted octanol–water partition coefficient (Wildman–Crippen LogP) is 1.32. The number of hydrogen-bond donors (Lipinski definition) is 2.